The standard InChI is InChI=1S/C15H16BrNO2/c1-19-15-9-5-4-8-13(15)17-14(10-18)11-6-2-3-7-12(11)16/h2-9,14,17-18H,10H2,1H3. The lowest BCUT2D eigenvalue weighted by Crippen LogP contribution is -2.15. The fourth-order valence-electron chi connectivity index (χ4n) is 1.93. The zero-order chi connectivity index (χ0) is 13.7. The Morgan fingerprint density at radius 2 is 1.84 bits per heavy atom. The molecule has 2 aromatic rings. The van der Waals surface area contributed by atoms with Gasteiger partial charge in [0, 0.05) is 4.47 Å². The highest BCUT2D eigenvalue weighted by atomic mass is 79.9. The summed E-state index contributed by atoms with van der Waals surface area (Å²) in [5, 5.41) is 12.9. The molecule has 2 N–H and O–H groups in total. The van der Waals surface area contributed by atoms with Gasteiger partial charge in [-0.15, -0.1) is 0 Å². The van der Waals surface area contributed by atoms with E-state index in [9.17, 15) is 5.11 Å². The maximum absolute atomic E-state index is 9.60. The second kappa shape index (κ2) is 6.59. The zero-order valence-corrected chi connectivity index (χ0v) is 12.2. The molecule has 0 spiro atoms. The molecule has 4 heteroatoms. The van der Waals surface area contributed by atoms with Crippen LogP contribution in [0.3, 0.4) is 0 Å². The van der Waals surface area contributed by atoms with E-state index in [-0.39, 0.29) is 12.6 Å². The lowest BCUT2D eigenvalue weighted by molar-refractivity contribution is 0.275. The van der Waals surface area contributed by atoms with Gasteiger partial charge in [-0.2, -0.15) is 0 Å². The number of hydrogen-bond donors (Lipinski definition) is 2. The summed E-state index contributed by atoms with van der Waals surface area (Å²) in [6.07, 6.45) is 0. The van der Waals surface area contributed by atoms with Crippen molar-refractivity contribution in [3.63, 3.8) is 0 Å². The molecule has 0 bridgehead atoms. The minimum atomic E-state index is -0.188. The van der Waals surface area contributed by atoms with Crippen LogP contribution in [0.25, 0.3) is 0 Å². The molecule has 100 valence electrons. The molecule has 0 aliphatic rings. The van der Waals surface area contributed by atoms with Crippen molar-refractivity contribution in [2.24, 2.45) is 0 Å². The van der Waals surface area contributed by atoms with Gasteiger partial charge < -0.3 is 15.2 Å². The van der Waals surface area contributed by atoms with E-state index in [2.05, 4.69) is 21.2 Å². The Morgan fingerprint density at radius 1 is 1.16 bits per heavy atom. The Kier molecular flexibility index (Phi) is 4.82. The molecule has 1 atom stereocenters. The average molecular weight is 322 g/mol. The third-order valence-electron chi connectivity index (χ3n) is 2.90. The van der Waals surface area contributed by atoms with E-state index in [1.807, 2.05) is 48.5 Å². The molecule has 0 fully saturated rings. The van der Waals surface area contributed by atoms with E-state index < -0.39 is 0 Å². The number of benzene rings is 2. The molecular formula is C15H16BrNO2. The predicted octanol–water partition coefficient (Wildman–Crippen LogP) is 3.60. The molecule has 0 heterocycles. The van der Waals surface area contributed by atoms with Crippen LogP contribution in [0.4, 0.5) is 5.69 Å². The van der Waals surface area contributed by atoms with Gasteiger partial charge in [-0.25, -0.2) is 0 Å². The number of anilines is 1. The summed E-state index contributed by atoms with van der Waals surface area (Å²) in [6.45, 7) is 0.000657. The first-order valence-electron chi connectivity index (χ1n) is 6.01. The summed E-state index contributed by atoms with van der Waals surface area (Å²) < 4.78 is 6.27. The summed E-state index contributed by atoms with van der Waals surface area (Å²) in [7, 11) is 1.63. The molecule has 0 saturated carbocycles. The van der Waals surface area contributed by atoms with Gasteiger partial charge >= 0.3 is 0 Å². The van der Waals surface area contributed by atoms with Crippen LogP contribution < -0.4 is 10.1 Å². The largest absolute Gasteiger partial charge is 0.495 e. The van der Waals surface area contributed by atoms with Crippen LogP contribution in [0.5, 0.6) is 5.75 Å². The van der Waals surface area contributed by atoms with Crippen LogP contribution in [0.2, 0.25) is 0 Å². The number of ether oxygens (including phenoxy) is 1. The lowest BCUT2D eigenvalue weighted by Gasteiger charge is -2.20. The fourth-order valence-corrected chi connectivity index (χ4v) is 2.49. The second-order valence-electron chi connectivity index (χ2n) is 4.10. The second-order valence-corrected chi connectivity index (χ2v) is 4.96. The van der Waals surface area contributed by atoms with Crippen molar-refractivity contribution in [3.8, 4) is 5.75 Å². The molecule has 19 heavy (non-hydrogen) atoms. The molecule has 3 nitrogen and oxygen atoms in total. The molecule has 0 aromatic heterocycles. The van der Waals surface area contributed by atoms with Crippen LogP contribution in [0.1, 0.15) is 11.6 Å². The fraction of sp³-hybridized carbons (Fsp3) is 0.200. The lowest BCUT2D eigenvalue weighted by atomic mass is 10.1. The maximum Gasteiger partial charge on any atom is 0.141 e. The first-order valence-corrected chi connectivity index (χ1v) is 6.80. The van der Waals surface area contributed by atoms with Crippen molar-refractivity contribution in [1.29, 1.82) is 0 Å². The first kappa shape index (κ1) is 13.9. The number of rotatable bonds is 5. The highest BCUT2D eigenvalue weighted by Crippen LogP contribution is 2.30. The highest BCUT2D eigenvalue weighted by Gasteiger charge is 2.14. The maximum atomic E-state index is 9.60. The van der Waals surface area contributed by atoms with E-state index in [1.54, 1.807) is 7.11 Å². The van der Waals surface area contributed by atoms with E-state index in [4.69, 9.17) is 4.74 Å². The van der Waals surface area contributed by atoms with Gasteiger partial charge in [0.25, 0.3) is 0 Å². The van der Waals surface area contributed by atoms with Crippen molar-refractivity contribution in [2.45, 2.75) is 6.04 Å². The molecule has 0 amide bonds. The van der Waals surface area contributed by atoms with Gasteiger partial charge in [0.1, 0.15) is 5.75 Å². The molecule has 1 unspecified atom stereocenters. The summed E-state index contributed by atoms with van der Waals surface area (Å²) >= 11 is 3.50. The topological polar surface area (TPSA) is 41.5 Å². The van der Waals surface area contributed by atoms with E-state index in [1.165, 1.54) is 0 Å². The van der Waals surface area contributed by atoms with Gasteiger partial charge in [-0.05, 0) is 23.8 Å². The van der Waals surface area contributed by atoms with Crippen molar-refractivity contribution in [3.05, 3.63) is 58.6 Å². The van der Waals surface area contributed by atoms with Crippen LogP contribution in [0.15, 0.2) is 53.0 Å². The molecule has 2 aromatic carbocycles. The number of aliphatic hydroxyl groups is 1. The van der Waals surface area contributed by atoms with E-state index >= 15 is 0 Å². The molecular weight excluding hydrogens is 306 g/mol. The van der Waals surface area contributed by atoms with Crippen LogP contribution >= 0.6 is 15.9 Å². The summed E-state index contributed by atoms with van der Waals surface area (Å²) in [6, 6.07) is 15.3. The van der Waals surface area contributed by atoms with Gasteiger partial charge in [-0.3, -0.25) is 0 Å². The molecule has 0 radical (unpaired) electrons. The normalized spacial score (nSPS) is 11.9. The molecule has 0 aliphatic carbocycles. The minimum absolute atomic E-state index is 0.000657. The number of aliphatic hydroxyl groups excluding tert-OH is 1. The zero-order valence-electron chi connectivity index (χ0n) is 10.6. The molecule has 0 saturated heterocycles. The Bertz CT molecular complexity index is 545. The summed E-state index contributed by atoms with van der Waals surface area (Å²) in [5.41, 5.74) is 1.87. The van der Waals surface area contributed by atoms with Gasteiger partial charge in [0.15, 0.2) is 0 Å². The van der Waals surface area contributed by atoms with Crippen molar-refractivity contribution < 1.29 is 9.84 Å². The third kappa shape index (κ3) is 3.28. The van der Waals surface area contributed by atoms with Gasteiger partial charge in [0.05, 0.1) is 25.4 Å². The Labute approximate surface area is 121 Å². The number of nitrogens with one attached hydrogen (secondary N) is 1. The molecule has 0 aliphatic heterocycles. The van der Waals surface area contributed by atoms with Crippen molar-refractivity contribution in [1.82, 2.24) is 0 Å². The Morgan fingerprint density at radius 3 is 2.53 bits per heavy atom. The van der Waals surface area contributed by atoms with E-state index in [0.29, 0.717) is 0 Å². The monoisotopic (exact) mass is 321 g/mol. The van der Waals surface area contributed by atoms with Crippen LogP contribution in [-0.2, 0) is 0 Å². The summed E-state index contributed by atoms with van der Waals surface area (Å²) in [5.74, 6) is 0.757. The number of halogens is 1. The van der Waals surface area contributed by atoms with Crippen molar-refractivity contribution in [2.75, 3.05) is 19.0 Å². The Hall–Kier alpha value is -1.52. The highest BCUT2D eigenvalue weighted by molar-refractivity contribution is 9.10. The van der Waals surface area contributed by atoms with Crippen LogP contribution in [0, 0.1) is 0 Å². The number of hydrogen-bond acceptors (Lipinski definition) is 3. The van der Waals surface area contributed by atoms with E-state index in [0.717, 1.165) is 21.5 Å². The van der Waals surface area contributed by atoms with Gasteiger partial charge in [0.2, 0.25) is 0 Å². The minimum Gasteiger partial charge on any atom is -0.495 e. The smallest absolute Gasteiger partial charge is 0.141 e. The van der Waals surface area contributed by atoms with Gasteiger partial charge in [-0.1, -0.05) is 46.3 Å². The third-order valence-corrected chi connectivity index (χ3v) is 3.62. The Balaban J connectivity index is 2.27. The quantitative estimate of drug-likeness (QED) is 0.884. The SMILES string of the molecule is COc1ccccc1NC(CO)c1ccccc1Br. The predicted molar refractivity (Wildman–Crippen MR) is 80.6 cm³/mol. The molecule has 2 rings (SSSR count). The number of methoxy groups -OCH3 is 1. The summed E-state index contributed by atoms with van der Waals surface area (Å²) in [4.78, 5) is 0. The van der Waals surface area contributed by atoms with Crippen molar-refractivity contribution >= 4 is 21.6 Å². The van der Waals surface area contributed by atoms with Crippen LogP contribution in [-0.4, -0.2) is 18.8 Å². The first-order chi connectivity index (χ1) is 9.26. The average Bonchev–Trinajstić information content (AvgIpc) is 2.46. The number of para-hydroxylation sites is 2.